The minimum atomic E-state index is -0.696. The summed E-state index contributed by atoms with van der Waals surface area (Å²) in [5, 5.41) is 0.611. The van der Waals surface area contributed by atoms with Crippen LogP contribution in [0.25, 0.3) is 0 Å². The highest BCUT2D eigenvalue weighted by atomic mass is 35.5. The van der Waals surface area contributed by atoms with Crippen molar-refractivity contribution < 1.29 is 28.2 Å². The number of amides is 1. The third-order valence-corrected chi connectivity index (χ3v) is 3.71. The number of halogens is 2. The lowest BCUT2D eigenvalue weighted by atomic mass is 10.3. The Bertz CT molecular complexity index is 752. The Hall–Kier alpha value is -2.80. The highest BCUT2D eigenvalue weighted by Crippen LogP contribution is 2.15. The second-order valence-electron chi connectivity index (χ2n) is 5.52. The number of benzene rings is 2. The van der Waals surface area contributed by atoms with Crippen LogP contribution >= 0.6 is 11.6 Å². The molecule has 0 unspecified atom stereocenters. The van der Waals surface area contributed by atoms with Crippen LogP contribution < -0.4 is 9.47 Å². The van der Waals surface area contributed by atoms with Crippen molar-refractivity contribution in [3.63, 3.8) is 0 Å². The summed E-state index contributed by atoms with van der Waals surface area (Å²) in [7, 11) is 1.58. The van der Waals surface area contributed by atoms with Gasteiger partial charge < -0.3 is 19.1 Å². The first kappa shape index (κ1) is 20.5. The molecule has 0 bridgehead atoms. The van der Waals surface area contributed by atoms with Gasteiger partial charge in [-0.15, -0.1) is 0 Å². The third-order valence-electron chi connectivity index (χ3n) is 3.46. The maximum Gasteiger partial charge on any atom is 0.344 e. The van der Waals surface area contributed by atoms with Crippen LogP contribution in [-0.2, 0) is 14.3 Å². The molecule has 0 aliphatic heterocycles. The molecule has 0 saturated heterocycles. The summed E-state index contributed by atoms with van der Waals surface area (Å²) in [6.45, 7) is -0.165. The van der Waals surface area contributed by atoms with Crippen LogP contribution in [0.2, 0.25) is 5.02 Å². The molecule has 2 aromatic carbocycles. The lowest BCUT2D eigenvalue weighted by Crippen LogP contribution is -2.34. The quantitative estimate of drug-likeness (QED) is 0.611. The molecule has 0 radical (unpaired) electrons. The Kier molecular flexibility index (Phi) is 7.88. The molecule has 0 aliphatic rings. The molecule has 144 valence electrons. The highest BCUT2D eigenvalue weighted by molar-refractivity contribution is 6.30. The Balaban J connectivity index is 1.62. The predicted octanol–water partition coefficient (Wildman–Crippen LogP) is 2.94. The van der Waals surface area contributed by atoms with Crippen molar-refractivity contribution in [2.75, 3.05) is 33.4 Å². The fourth-order valence-corrected chi connectivity index (χ4v) is 2.05. The number of likely N-dealkylation sites (N-methyl/N-ethyl adjacent to an activating group) is 1. The molecule has 0 fully saturated rings. The van der Waals surface area contributed by atoms with Crippen molar-refractivity contribution >= 4 is 23.5 Å². The summed E-state index contributed by atoms with van der Waals surface area (Å²) in [5.74, 6) is -0.498. The summed E-state index contributed by atoms with van der Waals surface area (Å²) in [6, 6.07) is 12.1. The summed E-state index contributed by atoms with van der Waals surface area (Å²) < 4.78 is 28.3. The number of carbonyl (C=O) groups is 2. The Morgan fingerprint density at radius 2 is 1.56 bits per heavy atom. The maximum atomic E-state index is 12.8. The Morgan fingerprint density at radius 1 is 0.963 bits per heavy atom. The molecule has 0 aliphatic carbocycles. The van der Waals surface area contributed by atoms with Crippen molar-refractivity contribution in [3.8, 4) is 11.5 Å². The zero-order valence-corrected chi connectivity index (χ0v) is 15.4. The average molecular weight is 396 g/mol. The Morgan fingerprint density at radius 3 is 2.22 bits per heavy atom. The van der Waals surface area contributed by atoms with E-state index in [0.717, 1.165) is 0 Å². The molecule has 0 aromatic heterocycles. The van der Waals surface area contributed by atoms with E-state index in [9.17, 15) is 14.0 Å². The number of carbonyl (C=O) groups excluding carboxylic acids is 2. The van der Waals surface area contributed by atoms with Crippen LogP contribution in [0.4, 0.5) is 4.39 Å². The molecule has 0 atom stereocenters. The van der Waals surface area contributed by atoms with Gasteiger partial charge in [-0.05, 0) is 48.5 Å². The fraction of sp³-hybridized carbons (Fsp3) is 0.263. The lowest BCUT2D eigenvalue weighted by Gasteiger charge is -2.17. The normalized spacial score (nSPS) is 10.2. The van der Waals surface area contributed by atoms with Crippen molar-refractivity contribution in [2.45, 2.75) is 0 Å². The largest absolute Gasteiger partial charge is 0.492 e. The average Bonchev–Trinajstić information content (AvgIpc) is 2.67. The molecule has 2 aromatic rings. The summed E-state index contributed by atoms with van der Waals surface area (Å²) >= 11 is 5.79. The summed E-state index contributed by atoms with van der Waals surface area (Å²) in [6.07, 6.45) is 0. The first-order valence-electron chi connectivity index (χ1n) is 8.10. The number of rotatable bonds is 9. The second kappa shape index (κ2) is 10.4. The topological polar surface area (TPSA) is 65.1 Å². The zero-order chi connectivity index (χ0) is 19.6. The van der Waals surface area contributed by atoms with Gasteiger partial charge in [0.2, 0.25) is 0 Å². The molecule has 1 amide bonds. The minimum Gasteiger partial charge on any atom is -0.492 e. The first-order valence-corrected chi connectivity index (χ1v) is 8.48. The molecule has 27 heavy (non-hydrogen) atoms. The summed E-state index contributed by atoms with van der Waals surface area (Å²) in [5.41, 5.74) is 0. The van der Waals surface area contributed by atoms with E-state index in [1.165, 1.54) is 29.2 Å². The van der Waals surface area contributed by atoms with Gasteiger partial charge in [-0.1, -0.05) is 11.6 Å². The van der Waals surface area contributed by atoms with Crippen molar-refractivity contribution in [1.82, 2.24) is 4.90 Å². The van der Waals surface area contributed by atoms with Gasteiger partial charge in [-0.25, -0.2) is 9.18 Å². The standard InChI is InChI=1S/C19H19ClFNO5/c1-22(10-11-25-16-6-2-14(20)3-7-16)18(23)12-27-19(24)13-26-17-8-4-15(21)5-9-17/h2-9H,10-13H2,1H3. The molecule has 0 spiro atoms. The molecule has 2 rings (SSSR count). The smallest absolute Gasteiger partial charge is 0.344 e. The summed E-state index contributed by atoms with van der Waals surface area (Å²) in [4.78, 5) is 24.9. The van der Waals surface area contributed by atoms with Crippen molar-refractivity contribution in [3.05, 3.63) is 59.4 Å². The number of hydrogen-bond acceptors (Lipinski definition) is 5. The molecule has 0 heterocycles. The van der Waals surface area contributed by atoms with Gasteiger partial charge in [0.05, 0.1) is 6.54 Å². The molecular weight excluding hydrogens is 377 g/mol. The van der Waals surface area contributed by atoms with Crippen LogP contribution in [0.1, 0.15) is 0 Å². The van der Waals surface area contributed by atoms with E-state index in [1.54, 1.807) is 31.3 Å². The minimum absolute atomic E-state index is 0.283. The fourth-order valence-electron chi connectivity index (χ4n) is 1.92. The van der Waals surface area contributed by atoms with Crippen LogP contribution in [0, 0.1) is 5.82 Å². The number of esters is 1. The Labute approximate surface area is 161 Å². The van der Waals surface area contributed by atoms with Crippen LogP contribution in [0.15, 0.2) is 48.5 Å². The molecule has 0 N–H and O–H groups in total. The molecule has 6 nitrogen and oxygen atoms in total. The van der Waals surface area contributed by atoms with E-state index in [4.69, 9.17) is 25.8 Å². The first-order chi connectivity index (χ1) is 12.9. The SMILES string of the molecule is CN(CCOc1ccc(Cl)cc1)C(=O)COC(=O)COc1ccc(F)cc1. The van der Waals surface area contributed by atoms with Crippen LogP contribution in [0.5, 0.6) is 11.5 Å². The van der Waals surface area contributed by atoms with E-state index >= 15 is 0 Å². The third kappa shape index (κ3) is 7.53. The number of ether oxygens (including phenoxy) is 3. The van der Waals surface area contributed by atoms with E-state index in [0.29, 0.717) is 23.1 Å². The van der Waals surface area contributed by atoms with E-state index in [-0.39, 0.29) is 19.1 Å². The predicted molar refractivity (Wildman–Crippen MR) is 97.4 cm³/mol. The molecular formula is C19H19ClFNO5. The van der Waals surface area contributed by atoms with Crippen LogP contribution in [-0.4, -0.2) is 50.2 Å². The van der Waals surface area contributed by atoms with Crippen molar-refractivity contribution in [2.24, 2.45) is 0 Å². The van der Waals surface area contributed by atoms with Gasteiger partial charge in [-0.3, -0.25) is 4.79 Å². The van der Waals surface area contributed by atoms with Gasteiger partial charge >= 0.3 is 5.97 Å². The molecule has 8 heteroatoms. The van der Waals surface area contributed by atoms with Gasteiger partial charge in [0, 0.05) is 12.1 Å². The maximum absolute atomic E-state index is 12.8. The van der Waals surface area contributed by atoms with Gasteiger partial charge in [0.15, 0.2) is 13.2 Å². The zero-order valence-electron chi connectivity index (χ0n) is 14.7. The lowest BCUT2D eigenvalue weighted by molar-refractivity contribution is -0.153. The highest BCUT2D eigenvalue weighted by Gasteiger charge is 2.12. The second-order valence-corrected chi connectivity index (χ2v) is 5.96. The number of nitrogens with zero attached hydrogens (tertiary/aromatic N) is 1. The van der Waals surface area contributed by atoms with Gasteiger partial charge in [0.1, 0.15) is 23.9 Å². The molecule has 0 saturated carbocycles. The monoisotopic (exact) mass is 395 g/mol. The number of hydrogen-bond donors (Lipinski definition) is 0. The van der Waals surface area contributed by atoms with E-state index in [1.807, 2.05) is 0 Å². The van der Waals surface area contributed by atoms with Gasteiger partial charge in [-0.2, -0.15) is 0 Å². The van der Waals surface area contributed by atoms with Crippen molar-refractivity contribution in [1.29, 1.82) is 0 Å². The van der Waals surface area contributed by atoms with Crippen LogP contribution in [0.3, 0.4) is 0 Å². The van der Waals surface area contributed by atoms with E-state index in [2.05, 4.69) is 0 Å². The van der Waals surface area contributed by atoms with Gasteiger partial charge in [0.25, 0.3) is 5.91 Å². The van der Waals surface area contributed by atoms with E-state index < -0.39 is 18.4 Å².